The fraction of sp³-hybridized carbons (Fsp3) is 0.556. The van der Waals surface area contributed by atoms with Gasteiger partial charge in [-0.25, -0.2) is 0 Å². The van der Waals surface area contributed by atoms with E-state index in [1.165, 1.54) is 0 Å². The second-order valence-electron chi connectivity index (χ2n) is 2.75. The first-order chi connectivity index (χ1) is 6.24. The minimum Gasteiger partial charge on any atom is -0.303 e. The molecule has 0 fully saturated rings. The van der Waals surface area contributed by atoms with Crippen LogP contribution in [-0.2, 0) is 24.2 Å². The number of rotatable bonds is 4. The predicted octanol–water partition coefficient (Wildman–Crippen LogP) is 1.97. The Balaban J connectivity index is 3.11. The molecule has 0 atom stereocenters. The summed E-state index contributed by atoms with van der Waals surface area (Å²) in [6, 6.07) is 0. The molecule has 0 N–H and O–H groups in total. The fourth-order valence-corrected chi connectivity index (χ4v) is 2.02. The Morgan fingerprint density at radius 3 is 2.69 bits per heavy atom. The van der Waals surface area contributed by atoms with Gasteiger partial charge in [0, 0.05) is 13.0 Å². The maximum absolute atomic E-state index is 10.4. The van der Waals surface area contributed by atoms with Gasteiger partial charge in [0.15, 0.2) is 0 Å². The molecule has 0 amide bonds. The zero-order valence-corrected chi connectivity index (χ0v) is 9.47. The minimum absolute atomic E-state index is 0.432. The lowest BCUT2D eigenvalue weighted by Crippen LogP contribution is -2.03. The van der Waals surface area contributed by atoms with Crippen molar-refractivity contribution in [2.75, 3.05) is 0 Å². The summed E-state index contributed by atoms with van der Waals surface area (Å²) < 4.78 is 2.86. The van der Waals surface area contributed by atoms with Gasteiger partial charge in [-0.05, 0) is 29.3 Å². The normalized spacial score (nSPS) is 10.4. The van der Waals surface area contributed by atoms with Gasteiger partial charge in [0.1, 0.15) is 6.29 Å². The summed E-state index contributed by atoms with van der Waals surface area (Å²) in [6.07, 6.45) is 2.23. The van der Waals surface area contributed by atoms with Gasteiger partial charge in [0.2, 0.25) is 0 Å². The van der Waals surface area contributed by atoms with Crippen LogP contribution in [0.1, 0.15) is 25.2 Å². The van der Waals surface area contributed by atoms with Crippen molar-refractivity contribution in [2.24, 2.45) is 0 Å². The van der Waals surface area contributed by atoms with Crippen LogP contribution in [0.2, 0.25) is 0 Å². The monoisotopic (exact) mass is 244 g/mol. The van der Waals surface area contributed by atoms with Gasteiger partial charge >= 0.3 is 0 Å². The minimum atomic E-state index is 0.432. The Kier molecular flexibility index (Phi) is 3.66. The van der Waals surface area contributed by atoms with Crippen molar-refractivity contribution >= 4 is 22.2 Å². The summed E-state index contributed by atoms with van der Waals surface area (Å²) in [5, 5.41) is 4.38. The number of aldehydes is 1. The highest BCUT2D eigenvalue weighted by Gasteiger charge is 2.12. The zero-order chi connectivity index (χ0) is 9.84. The molecule has 0 aliphatic rings. The number of carbonyl (C=O) groups is 1. The first-order valence-electron chi connectivity index (χ1n) is 4.42. The lowest BCUT2D eigenvalue weighted by Gasteiger charge is -1.99. The molecule has 1 rings (SSSR count). The topological polar surface area (TPSA) is 34.9 Å². The van der Waals surface area contributed by atoms with Gasteiger partial charge in [-0.15, -0.1) is 0 Å². The molecule has 0 unspecified atom stereocenters. The van der Waals surface area contributed by atoms with E-state index in [2.05, 4.69) is 28.0 Å². The summed E-state index contributed by atoms with van der Waals surface area (Å²) in [7, 11) is 0. The maximum Gasteiger partial charge on any atom is 0.125 e. The third kappa shape index (κ3) is 1.99. The van der Waals surface area contributed by atoms with E-state index in [0.717, 1.165) is 35.1 Å². The smallest absolute Gasteiger partial charge is 0.125 e. The van der Waals surface area contributed by atoms with Crippen molar-refractivity contribution in [3.05, 3.63) is 15.9 Å². The Bertz CT molecular complexity index is 307. The SMILES string of the molecule is CCc1nn(CC)c(CC=O)c1Br. The summed E-state index contributed by atoms with van der Waals surface area (Å²) in [5.41, 5.74) is 2.01. The molecule has 1 aromatic rings. The van der Waals surface area contributed by atoms with Crippen molar-refractivity contribution in [2.45, 2.75) is 33.2 Å². The summed E-state index contributed by atoms with van der Waals surface area (Å²) in [6.45, 7) is 4.88. The number of hydrogen-bond donors (Lipinski definition) is 0. The van der Waals surface area contributed by atoms with E-state index in [4.69, 9.17) is 0 Å². The Hall–Kier alpha value is -0.640. The lowest BCUT2D eigenvalue weighted by atomic mass is 10.2. The standard InChI is InChI=1S/C9H13BrN2O/c1-3-7-9(10)8(5-6-13)12(4-2)11-7/h6H,3-5H2,1-2H3. The van der Waals surface area contributed by atoms with Crippen molar-refractivity contribution in [3.8, 4) is 0 Å². The van der Waals surface area contributed by atoms with Gasteiger partial charge in [0.25, 0.3) is 0 Å². The largest absolute Gasteiger partial charge is 0.303 e. The first-order valence-corrected chi connectivity index (χ1v) is 5.21. The third-order valence-corrected chi connectivity index (χ3v) is 2.89. The highest BCUT2D eigenvalue weighted by atomic mass is 79.9. The number of halogens is 1. The van der Waals surface area contributed by atoms with E-state index in [-0.39, 0.29) is 0 Å². The summed E-state index contributed by atoms with van der Waals surface area (Å²) in [4.78, 5) is 10.4. The van der Waals surface area contributed by atoms with Crippen LogP contribution in [0.4, 0.5) is 0 Å². The van der Waals surface area contributed by atoms with Crippen molar-refractivity contribution in [3.63, 3.8) is 0 Å². The molecule has 0 saturated carbocycles. The van der Waals surface area contributed by atoms with Crippen LogP contribution in [0.5, 0.6) is 0 Å². The van der Waals surface area contributed by atoms with Gasteiger partial charge in [-0.3, -0.25) is 4.68 Å². The van der Waals surface area contributed by atoms with Gasteiger partial charge in [-0.2, -0.15) is 5.10 Å². The van der Waals surface area contributed by atoms with E-state index >= 15 is 0 Å². The molecule has 1 aromatic heterocycles. The molecule has 0 radical (unpaired) electrons. The van der Waals surface area contributed by atoms with E-state index in [1.807, 2.05) is 11.6 Å². The molecule has 0 aliphatic heterocycles. The van der Waals surface area contributed by atoms with Crippen LogP contribution in [0.15, 0.2) is 4.47 Å². The number of aryl methyl sites for hydroxylation is 2. The molecule has 1 heterocycles. The molecule has 0 aliphatic carbocycles. The zero-order valence-electron chi connectivity index (χ0n) is 7.88. The number of aromatic nitrogens is 2. The molecule has 13 heavy (non-hydrogen) atoms. The Morgan fingerprint density at radius 2 is 2.23 bits per heavy atom. The number of carbonyl (C=O) groups excluding carboxylic acids is 1. The molecule has 72 valence electrons. The first kappa shape index (κ1) is 10.4. The molecular formula is C9H13BrN2O. The van der Waals surface area contributed by atoms with Crippen LogP contribution < -0.4 is 0 Å². The van der Waals surface area contributed by atoms with Gasteiger partial charge in [-0.1, -0.05) is 6.92 Å². The van der Waals surface area contributed by atoms with Crippen LogP contribution in [0, 0.1) is 0 Å². The average molecular weight is 245 g/mol. The quantitative estimate of drug-likeness (QED) is 0.760. The third-order valence-electron chi connectivity index (χ3n) is 1.97. The summed E-state index contributed by atoms with van der Waals surface area (Å²) >= 11 is 3.46. The molecule has 0 saturated heterocycles. The molecule has 0 spiro atoms. The van der Waals surface area contributed by atoms with Crippen molar-refractivity contribution in [1.82, 2.24) is 9.78 Å². The van der Waals surface area contributed by atoms with E-state index < -0.39 is 0 Å². The molecule has 0 aromatic carbocycles. The molecule has 0 bridgehead atoms. The summed E-state index contributed by atoms with van der Waals surface area (Å²) in [5.74, 6) is 0. The van der Waals surface area contributed by atoms with Crippen LogP contribution in [-0.4, -0.2) is 16.1 Å². The van der Waals surface area contributed by atoms with Crippen LogP contribution >= 0.6 is 15.9 Å². The average Bonchev–Trinajstić information content (AvgIpc) is 2.45. The second-order valence-corrected chi connectivity index (χ2v) is 3.54. The molecule has 3 nitrogen and oxygen atoms in total. The van der Waals surface area contributed by atoms with E-state index in [1.54, 1.807) is 0 Å². The van der Waals surface area contributed by atoms with Gasteiger partial charge < -0.3 is 4.79 Å². The van der Waals surface area contributed by atoms with Crippen LogP contribution in [0.3, 0.4) is 0 Å². The maximum atomic E-state index is 10.4. The Morgan fingerprint density at radius 1 is 1.54 bits per heavy atom. The highest BCUT2D eigenvalue weighted by Crippen LogP contribution is 2.22. The Labute approximate surface area is 86.3 Å². The lowest BCUT2D eigenvalue weighted by molar-refractivity contribution is -0.107. The van der Waals surface area contributed by atoms with E-state index in [0.29, 0.717) is 6.42 Å². The fourth-order valence-electron chi connectivity index (χ4n) is 1.29. The highest BCUT2D eigenvalue weighted by molar-refractivity contribution is 9.10. The van der Waals surface area contributed by atoms with Crippen molar-refractivity contribution < 1.29 is 4.79 Å². The number of hydrogen-bond acceptors (Lipinski definition) is 2. The van der Waals surface area contributed by atoms with Crippen LogP contribution in [0.25, 0.3) is 0 Å². The van der Waals surface area contributed by atoms with Crippen molar-refractivity contribution in [1.29, 1.82) is 0 Å². The molecular weight excluding hydrogens is 232 g/mol. The van der Waals surface area contributed by atoms with E-state index in [9.17, 15) is 4.79 Å². The second kappa shape index (κ2) is 4.56. The molecule has 4 heteroatoms. The predicted molar refractivity (Wildman–Crippen MR) is 54.7 cm³/mol. The number of nitrogens with zero attached hydrogens (tertiary/aromatic N) is 2. The van der Waals surface area contributed by atoms with Gasteiger partial charge in [0.05, 0.1) is 15.9 Å².